The van der Waals surface area contributed by atoms with Crippen LogP contribution in [-0.4, -0.2) is 126 Å². The third-order valence-corrected chi connectivity index (χ3v) is 17.1. The van der Waals surface area contributed by atoms with Crippen molar-refractivity contribution < 1.29 is 53.3 Å². The molecule has 2 saturated heterocycles. The molecular formula is C58H86N8O11. The highest BCUT2D eigenvalue weighted by atomic mass is 16.5. The minimum absolute atomic E-state index is 0.00581. The fraction of sp³-hybridized carbons (Fsp3) is 0.724. The molecule has 4 saturated carbocycles. The monoisotopic (exact) mass is 1070 g/mol. The number of carbonyl (C=O) groups excluding carboxylic acids is 6. The first-order chi connectivity index (χ1) is 36.6. The van der Waals surface area contributed by atoms with Gasteiger partial charge in [0.05, 0.1) is 19.0 Å². The highest BCUT2D eigenvalue weighted by Gasteiger charge is 2.52. The summed E-state index contributed by atoms with van der Waals surface area (Å²) in [6, 6.07) is -2.76. The van der Waals surface area contributed by atoms with Gasteiger partial charge in [0.15, 0.2) is 11.6 Å². The van der Waals surface area contributed by atoms with E-state index in [4.69, 9.17) is 4.74 Å². The van der Waals surface area contributed by atoms with Crippen molar-refractivity contribution in [3.8, 4) is 0 Å². The van der Waals surface area contributed by atoms with Crippen molar-refractivity contribution in [2.45, 2.75) is 188 Å². The number of amides is 3. The molecule has 77 heavy (non-hydrogen) atoms. The lowest BCUT2D eigenvalue weighted by Gasteiger charge is -2.37. The molecule has 0 radical (unpaired) electrons. The van der Waals surface area contributed by atoms with E-state index in [1.807, 2.05) is 27.7 Å². The van der Waals surface area contributed by atoms with Gasteiger partial charge in [0.2, 0.25) is 17.7 Å². The Bertz CT molecular complexity index is 2330. The van der Waals surface area contributed by atoms with E-state index >= 15 is 0 Å². The Hall–Kier alpha value is -5.72. The molecule has 19 heteroatoms. The second-order valence-corrected chi connectivity index (χ2v) is 24.5. The van der Waals surface area contributed by atoms with E-state index in [2.05, 4.69) is 35.9 Å². The molecule has 2 aromatic heterocycles. The predicted molar refractivity (Wildman–Crippen MR) is 286 cm³/mol. The molecule has 10 atom stereocenters. The average molecular weight is 1070 g/mol. The second-order valence-electron chi connectivity index (χ2n) is 24.5. The molecule has 4 heterocycles. The number of aliphatic carboxylic acids is 2. The summed E-state index contributed by atoms with van der Waals surface area (Å²) in [6.07, 6.45) is 25.0. The van der Waals surface area contributed by atoms with Gasteiger partial charge in [0.25, 0.3) is 0 Å². The number of nitrogens with one attached hydrogen (secondary N) is 3. The number of Topliss-reactive ketones (excluding diaryl/α,β-unsaturated/α-hetero) is 2. The Morgan fingerprint density at radius 1 is 0.636 bits per heavy atom. The van der Waals surface area contributed by atoms with Crippen molar-refractivity contribution in [3.63, 3.8) is 0 Å². The van der Waals surface area contributed by atoms with Crippen LogP contribution in [-0.2, 0) is 33.5 Å². The van der Waals surface area contributed by atoms with E-state index in [1.54, 1.807) is 20.8 Å². The van der Waals surface area contributed by atoms with Crippen LogP contribution in [0.15, 0.2) is 37.2 Å². The van der Waals surface area contributed by atoms with Crippen molar-refractivity contribution in [3.05, 3.63) is 48.6 Å². The van der Waals surface area contributed by atoms with Gasteiger partial charge in [-0.3, -0.25) is 38.7 Å². The summed E-state index contributed by atoms with van der Waals surface area (Å²) in [5.41, 5.74) is -0.809. The highest BCUT2D eigenvalue weighted by molar-refractivity contribution is 5.99. The Morgan fingerprint density at radius 2 is 1.12 bits per heavy atom. The summed E-state index contributed by atoms with van der Waals surface area (Å²) < 4.78 is 5.03. The molecule has 3 amide bonds. The number of carbonyl (C=O) groups is 8. The molecule has 0 aromatic carbocycles. The summed E-state index contributed by atoms with van der Waals surface area (Å²) in [5, 5.41) is 28.4. The molecule has 5 N–H and O–H groups in total. The fourth-order valence-electron chi connectivity index (χ4n) is 13.0. The number of hydrogen-bond donors (Lipinski definition) is 5. The molecule has 0 bridgehead atoms. The zero-order valence-electron chi connectivity index (χ0n) is 46.5. The maximum Gasteiger partial charge on any atom is 0.326 e. The SMILES string of the molecule is CC(C)(C)[C@H](NC(=O)[C@@H](CC(=O)c1cnccn1)C1CCCCC1)C(=O)N1C[C@@H]2CCC[C@@H]2[C@H]1C(=O)O.CC(C)(C)[C@H](NC(=O)[C@@H](CC(=O)c1cnccn1)C1CCCCC1)C(=O)O.CCOC(=O)[C@H]1NC[C@@H]2CCC[C@@H]21. The standard InChI is InChI=1S/C28H40N4O5.C20H29N3O4.C10H17NO2/c1-28(2,3)24(26(35)32-16-18-10-7-11-19(18)23(32)27(36)37)31-25(34)20(17-8-5-4-6-9-17)14-22(33)21-15-29-12-13-30-21;1-20(2,3)17(19(26)27)23-18(25)14(13-7-5-4-6-8-13)11-16(24)15-12-21-9-10-22-15;1-2-13-10(12)9-8-5-3-4-7(8)6-11-9/h12-13,15,17-20,23-24H,4-11,14,16H2,1-3H3,(H,31,34)(H,36,37);9-10,12-14,17H,4-8,11H2,1-3H3,(H,23,25)(H,26,27);7-9,11H,2-6H2,1H3/t18-,19-,20-,23-,24+;14-,17+;7-,8-,9-/m000/s1. The molecule has 4 aliphatic carbocycles. The van der Waals surface area contributed by atoms with Crippen LogP contribution in [0.25, 0.3) is 0 Å². The Balaban J connectivity index is 0.000000208. The zero-order chi connectivity index (χ0) is 56.0. The Kier molecular flexibility index (Phi) is 21.8. The molecule has 19 nitrogen and oxygen atoms in total. The molecule has 6 fully saturated rings. The van der Waals surface area contributed by atoms with Gasteiger partial charge in [-0.15, -0.1) is 0 Å². The van der Waals surface area contributed by atoms with Crippen LogP contribution < -0.4 is 16.0 Å². The molecule has 6 aliphatic rings. The van der Waals surface area contributed by atoms with Crippen LogP contribution in [0.4, 0.5) is 0 Å². The van der Waals surface area contributed by atoms with Gasteiger partial charge in [0.1, 0.15) is 35.6 Å². The van der Waals surface area contributed by atoms with Gasteiger partial charge in [-0.1, -0.05) is 92.9 Å². The van der Waals surface area contributed by atoms with Gasteiger partial charge in [-0.25, -0.2) is 19.6 Å². The fourth-order valence-corrected chi connectivity index (χ4v) is 13.0. The van der Waals surface area contributed by atoms with Crippen molar-refractivity contribution in [1.82, 2.24) is 40.8 Å². The number of fused-ring (bicyclic) bond motifs is 2. The molecule has 2 aromatic rings. The van der Waals surface area contributed by atoms with Crippen molar-refractivity contribution >= 4 is 47.2 Å². The molecular weight excluding hydrogens is 985 g/mol. The number of ketones is 2. The smallest absolute Gasteiger partial charge is 0.326 e. The van der Waals surface area contributed by atoms with Crippen molar-refractivity contribution in [2.24, 2.45) is 58.2 Å². The van der Waals surface area contributed by atoms with Gasteiger partial charge in [0, 0.05) is 56.0 Å². The third-order valence-electron chi connectivity index (χ3n) is 17.1. The van der Waals surface area contributed by atoms with Gasteiger partial charge in [-0.05, 0) is 111 Å². The minimum Gasteiger partial charge on any atom is -0.480 e. The average Bonchev–Trinajstić information content (AvgIpc) is 4.23. The number of ether oxygens (including phenoxy) is 1. The number of nitrogens with zero attached hydrogens (tertiary/aromatic N) is 5. The summed E-state index contributed by atoms with van der Waals surface area (Å²) in [5.74, 6) is -3.15. The van der Waals surface area contributed by atoms with Crippen LogP contribution >= 0.6 is 0 Å². The lowest BCUT2D eigenvalue weighted by atomic mass is 9.76. The van der Waals surface area contributed by atoms with Gasteiger partial charge in [-0.2, -0.15) is 0 Å². The first kappa shape index (κ1) is 60.5. The number of rotatable bonds is 17. The number of esters is 1. The van der Waals surface area contributed by atoms with E-state index < -0.39 is 52.7 Å². The van der Waals surface area contributed by atoms with Crippen LogP contribution in [0.2, 0.25) is 0 Å². The number of carboxylic acid groups (broad SMARTS) is 2. The molecule has 424 valence electrons. The predicted octanol–water partition coefficient (Wildman–Crippen LogP) is 7.29. The number of hydrogen-bond acceptors (Lipinski definition) is 14. The zero-order valence-corrected chi connectivity index (χ0v) is 46.5. The quantitative estimate of drug-likeness (QED) is 0.0768. The second kappa shape index (κ2) is 27.7. The van der Waals surface area contributed by atoms with Gasteiger partial charge < -0.3 is 35.8 Å². The topological polar surface area (TPSA) is 277 Å². The summed E-state index contributed by atoms with van der Waals surface area (Å²) >= 11 is 0. The molecule has 8 rings (SSSR count). The summed E-state index contributed by atoms with van der Waals surface area (Å²) in [4.78, 5) is 119. The minimum atomic E-state index is -1.07. The molecule has 0 unspecified atom stereocenters. The van der Waals surface area contributed by atoms with Crippen LogP contribution in [0.5, 0.6) is 0 Å². The third kappa shape index (κ3) is 16.2. The normalized spacial score (nSPS) is 24.9. The molecule has 0 spiro atoms. The van der Waals surface area contributed by atoms with Crippen molar-refractivity contribution in [1.29, 1.82) is 0 Å². The van der Waals surface area contributed by atoms with E-state index in [9.17, 15) is 48.6 Å². The van der Waals surface area contributed by atoms with Crippen LogP contribution in [0.1, 0.15) is 185 Å². The van der Waals surface area contributed by atoms with E-state index in [0.717, 1.165) is 95.9 Å². The Morgan fingerprint density at radius 3 is 1.56 bits per heavy atom. The maximum atomic E-state index is 13.9. The van der Waals surface area contributed by atoms with E-state index in [-0.39, 0.29) is 89.2 Å². The summed E-state index contributed by atoms with van der Waals surface area (Å²) in [7, 11) is 0. The first-order valence-corrected chi connectivity index (χ1v) is 28.5. The lowest BCUT2D eigenvalue weighted by molar-refractivity contribution is -0.152. The first-order valence-electron chi connectivity index (χ1n) is 28.5. The Labute approximate surface area is 454 Å². The largest absolute Gasteiger partial charge is 0.480 e. The van der Waals surface area contributed by atoms with Gasteiger partial charge >= 0.3 is 17.9 Å². The molecule has 2 aliphatic heterocycles. The number of likely N-dealkylation sites (tertiary alicyclic amines) is 1. The number of carboxylic acids is 2. The highest BCUT2D eigenvalue weighted by Crippen LogP contribution is 2.44. The summed E-state index contributed by atoms with van der Waals surface area (Å²) in [6.45, 7) is 14.7. The number of aromatic nitrogens is 4. The van der Waals surface area contributed by atoms with E-state index in [0.29, 0.717) is 19.1 Å². The maximum absolute atomic E-state index is 13.9. The van der Waals surface area contributed by atoms with Crippen LogP contribution in [0, 0.1) is 58.2 Å². The van der Waals surface area contributed by atoms with Crippen molar-refractivity contribution in [2.75, 3.05) is 19.7 Å². The van der Waals surface area contributed by atoms with E-state index in [1.165, 1.54) is 61.3 Å². The lowest BCUT2D eigenvalue weighted by Crippen LogP contribution is -2.58. The van der Waals surface area contributed by atoms with Crippen LogP contribution in [0.3, 0.4) is 0 Å².